The first kappa shape index (κ1) is 19.3. The Labute approximate surface area is 157 Å². The predicted octanol–water partition coefficient (Wildman–Crippen LogP) is 4.95. The normalized spacial score (nSPS) is 10.6. The van der Waals surface area contributed by atoms with Gasteiger partial charge in [-0.3, -0.25) is 0 Å². The SMILES string of the molecule is CCCN(Cc1ccc(OCC(=O)O)c(C)c1)c1cccc(Br)c1C. The van der Waals surface area contributed by atoms with E-state index in [1.807, 2.05) is 19.1 Å². The summed E-state index contributed by atoms with van der Waals surface area (Å²) in [6.07, 6.45) is 1.06. The lowest BCUT2D eigenvalue weighted by Gasteiger charge is -2.27. The highest BCUT2D eigenvalue weighted by Gasteiger charge is 2.12. The summed E-state index contributed by atoms with van der Waals surface area (Å²) < 4.78 is 6.42. The van der Waals surface area contributed by atoms with Crippen molar-refractivity contribution in [3.63, 3.8) is 0 Å². The molecule has 0 aliphatic carbocycles. The zero-order valence-corrected chi connectivity index (χ0v) is 16.5. The number of rotatable bonds is 8. The highest BCUT2D eigenvalue weighted by Crippen LogP contribution is 2.29. The fourth-order valence-electron chi connectivity index (χ4n) is 2.82. The highest BCUT2D eigenvalue weighted by molar-refractivity contribution is 9.10. The van der Waals surface area contributed by atoms with Crippen LogP contribution >= 0.6 is 15.9 Å². The fourth-order valence-corrected chi connectivity index (χ4v) is 3.18. The zero-order chi connectivity index (χ0) is 18.4. The van der Waals surface area contributed by atoms with E-state index in [-0.39, 0.29) is 6.61 Å². The zero-order valence-electron chi connectivity index (χ0n) is 14.9. The van der Waals surface area contributed by atoms with Crippen LogP contribution in [0.15, 0.2) is 40.9 Å². The average molecular weight is 406 g/mol. The molecule has 0 radical (unpaired) electrons. The average Bonchev–Trinajstić information content (AvgIpc) is 2.56. The molecule has 0 saturated heterocycles. The van der Waals surface area contributed by atoms with Crippen LogP contribution in [-0.2, 0) is 11.3 Å². The monoisotopic (exact) mass is 405 g/mol. The van der Waals surface area contributed by atoms with Gasteiger partial charge in [0.25, 0.3) is 0 Å². The summed E-state index contributed by atoms with van der Waals surface area (Å²) in [4.78, 5) is 13.0. The van der Waals surface area contributed by atoms with Gasteiger partial charge < -0.3 is 14.7 Å². The number of anilines is 1. The molecule has 0 heterocycles. The molecule has 0 amide bonds. The molecule has 1 N–H and O–H groups in total. The van der Waals surface area contributed by atoms with Gasteiger partial charge in [-0.05, 0) is 55.2 Å². The number of halogens is 1. The van der Waals surface area contributed by atoms with Crippen molar-refractivity contribution in [2.75, 3.05) is 18.1 Å². The minimum absolute atomic E-state index is 0.320. The van der Waals surface area contributed by atoms with Crippen LogP contribution in [-0.4, -0.2) is 24.2 Å². The second kappa shape index (κ2) is 8.90. The summed E-state index contributed by atoms with van der Waals surface area (Å²) >= 11 is 3.61. The minimum Gasteiger partial charge on any atom is -0.482 e. The number of carboxylic acid groups (broad SMARTS) is 1. The summed E-state index contributed by atoms with van der Waals surface area (Å²) in [5.74, 6) is -0.352. The number of hydrogen-bond donors (Lipinski definition) is 1. The molecule has 25 heavy (non-hydrogen) atoms. The van der Waals surface area contributed by atoms with Crippen molar-refractivity contribution in [3.05, 3.63) is 57.6 Å². The maximum absolute atomic E-state index is 10.6. The van der Waals surface area contributed by atoms with E-state index in [4.69, 9.17) is 9.84 Å². The van der Waals surface area contributed by atoms with Crippen LogP contribution in [0.3, 0.4) is 0 Å². The first-order chi connectivity index (χ1) is 11.9. The summed E-state index contributed by atoms with van der Waals surface area (Å²) in [5.41, 5.74) is 4.57. The van der Waals surface area contributed by atoms with Gasteiger partial charge in [-0.25, -0.2) is 4.79 Å². The lowest BCUT2D eigenvalue weighted by atomic mass is 10.1. The maximum Gasteiger partial charge on any atom is 0.341 e. The van der Waals surface area contributed by atoms with Gasteiger partial charge in [0.1, 0.15) is 5.75 Å². The summed E-state index contributed by atoms with van der Waals surface area (Å²) in [6, 6.07) is 12.2. The molecule has 0 bridgehead atoms. The van der Waals surface area contributed by atoms with Crippen molar-refractivity contribution in [2.24, 2.45) is 0 Å². The van der Waals surface area contributed by atoms with E-state index in [0.717, 1.165) is 29.5 Å². The first-order valence-corrected chi connectivity index (χ1v) is 9.15. The van der Waals surface area contributed by atoms with E-state index < -0.39 is 5.97 Å². The van der Waals surface area contributed by atoms with E-state index in [1.54, 1.807) is 0 Å². The van der Waals surface area contributed by atoms with Crippen LogP contribution in [0.2, 0.25) is 0 Å². The molecule has 2 rings (SSSR count). The van der Waals surface area contributed by atoms with Crippen molar-refractivity contribution >= 4 is 27.6 Å². The van der Waals surface area contributed by atoms with Crippen LogP contribution in [0.25, 0.3) is 0 Å². The van der Waals surface area contributed by atoms with Gasteiger partial charge in [0.15, 0.2) is 6.61 Å². The number of hydrogen-bond acceptors (Lipinski definition) is 3. The molecule has 5 heteroatoms. The van der Waals surface area contributed by atoms with E-state index in [2.05, 4.69) is 58.9 Å². The van der Waals surface area contributed by atoms with Crippen LogP contribution in [0.1, 0.15) is 30.0 Å². The lowest BCUT2D eigenvalue weighted by Crippen LogP contribution is -2.24. The maximum atomic E-state index is 10.6. The number of benzene rings is 2. The third kappa shape index (κ3) is 5.23. The molecule has 0 fully saturated rings. The Kier molecular flexibility index (Phi) is 6.88. The predicted molar refractivity (Wildman–Crippen MR) is 105 cm³/mol. The van der Waals surface area contributed by atoms with Crippen LogP contribution in [0.4, 0.5) is 5.69 Å². The Hall–Kier alpha value is -2.01. The smallest absolute Gasteiger partial charge is 0.341 e. The van der Waals surface area contributed by atoms with E-state index in [9.17, 15) is 4.79 Å². The molecule has 0 spiro atoms. The van der Waals surface area contributed by atoms with Crippen molar-refractivity contribution in [3.8, 4) is 5.75 Å². The molecule has 0 aliphatic heterocycles. The Morgan fingerprint density at radius 3 is 2.64 bits per heavy atom. The van der Waals surface area contributed by atoms with Crippen molar-refractivity contribution < 1.29 is 14.6 Å². The van der Waals surface area contributed by atoms with Gasteiger partial charge in [-0.1, -0.05) is 41.1 Å². The van der Waals surface area contributed by atoms with Crippen molar-refractivity contribution in [1.29, 1.82) is 0 Å². The molecule has 0 saturated carbocycles. The molecular formula is C20H24BrNO3. The Balaban J connectivity index is 2.20. The first-order valence-electron chi connectivity index (χ1n) is 8.36. The quantitative estimate of drug-likeness (QED) is 0.674. The lowest BCUT2D eigenvalue weighted by molar-refractivity contribution is -0.139. The molecule has 4 nitrogen and oxygen atoms in total. The van der Waals surface area contributed by atoms with Gasteiger partial charge in [-0.2, -0.15) is 0 Å². The van der Waals surface area contributed by atoms with Gasteiger partial charge in [0.05, 0.1) is 0 Å². The van der Waals surface area contributed by atoms with E-state index in [0.29, 0.717) is 5.75 Å². The van der Waals surface area contributed by atoms with Crippen molar-refractivity contribution in [1.82, 2.24) is 0 Å². The molecule has 2 aromatic carbocycles. The number of carboxylic acids is 1. The second-order valence-corrected chi connectivity index (χ2v) is 6.94. The molecule has 0 aliphatic rings. The van der Waals surface area contributed by atoms with E-state index in [1.165, 1.54) is 16.8 Å². The van der Waals surface area contributed by atoms with Gasteiger partial charge in [-0.15, -0.1) is 0 Å². The van der Waals surface area contributed by atoms with Gasteiger partial charge in [0.2, 0.25) is 0 Å². The standard InChI is InChI=1S/C20H24BrNO3/c1-4-10-22(18-7-5-6-17(21)15(18)3)12-16-8-9-19(14(2)11-16)25-13-20(23)24/h5-9,11H,4,10,12-13H2,1-3H3,(H,23,24). The topological polar surface area (TPSA) is 49.8 Å². The molecule has 0 atom stereocenters. The summed E-state index contributed by atoms with van der Waals surface area (Å²) in [7, 11) is 0. The third-order valence-electron chi connectivity index (χ3n) is 4.04. The number of aryl methyl sites for hydroxylation is 1. The Morgan fingerprint density at radius 2 is 2.00 bits per heavy atom. The number of ether oxygens (including phenoxy) is 1. The van der Waals surface area contributed by atoms with Gasteiger partial charge >= 0.3 is 5.97 Å². The largest absolute Gasteiger partial charge is 0.482 e. The summed E-state index contributed by atoms with van der Waals surface area (Å²) in [6.45, 7) is 7.68. The molecular weight excluding hydrogens is 382 g/mol. The highest BCUT2D eigenvalue weighted by atomic mass is 79.9. The van der Waals surface area contributed by atoms with Crippen molar-refractivity contribution in [2.45, 2.75) is 33.7 Å². The fraction of sp³-hybridized carbons (Fsp3) is 0.350. The number of aliphatic carboxylic acids is 1. The molecule has 0 unspecified atom stereocenters. The summed E-state index contributed by atoms with van der Waals surface area (Å²) in [5, 5.41) is 8.74. The number of carbonyl (C=O) groups is 1. The second-order valence-electron chi connectivity index (χ2n) is 6.09. The van der Waals surface area contributed by atoms with Crippen LogP contribution < -0.4 is 9.64 Å². The Bertz CT molecular complexity index is 746. The molecule has 0 aromatic heterocycles. The van der Waals surface area contributed by atoms with E-state index >= 15 is 0 Å². The van der Waals surface area contributed by atoms with Crippen LogP contribution in [0, 0.1) is 13.8 Å². The van der Waals surface area contributed by atoms with Crippen LogP contribution in [0.5, 0.6) is 5.75 Å². The third-order valence-corrected chi connectivity index (χ3v) is 4.90. The minimum atomic E-state index is -0.970. The number of nitrogens with zero attached hydrogens (tertiary/aromatic N) is 1. The molecule has 134 valence electrons. The van der Waals surface area contributed by atoms with Gasteiger partial charge in [0, 0.05) is 23.2 Å². The molecule has 2 aromatic rings. The Morgan fingerprint density at radius 1 is 1.24 bits per heavy atom.